The van der Waals surface area contributed by atoms with Gasteiger partial charge >= 0.3 is 0 Å². The fourth-order valence-corrected chi connectivity index (χ4v) is 1.97. The van der Waals surface area contributed by atoms with Gasteiger partial charge in [0.1, 0.15) is 0 Å². The fraction of sp³-hybridized carbons (Fsp3) is 0.778. The van der Waals surface area contributed by atoms with Crippen LogP contribution in [-0.2, 0) is 9.47 Å². The predicted octanol–water partition coefficient (Wildman–Crippen LogP) is 1.12. The highest BCUT2D eigenvalue weighted by atomic mass is 28.1. The van der Waals surface area contributed by atoms with E-state index in [1.165, 1.54) is 0 Å². The molecule has 12 heavy (non-hydrogen) atoms. The van der Waals surface area contributed by atoms with Crippen LogP contribution >= 0.6 is 0 Å². The second-order valence-corrected chi connectivity index (χ2v) is 6.40. The Morgan fingerprint density at radius 3 is 1.83 bits per heavy atom. The highest BCUT2D eigenvalue weighted by molar-refractivity contribution is 6.15. The van der Waals surface area contributed by atoms with Crippen LogP contribution in [0, 0.1) is 0 Å². The third kappa shape index (κ3) is 2.18. The number of hydrogen-bond acceptors (Lipinski definition) is 2. The molecule has 0 aromatic rings. The highest BCUT2D eigenvalue weighted by Crippen LogP contribution is 2.40. The molecule has 0 aliphatic carbocycles. The van der Waals surface area contributed by atoms with Gasteiger partial charge in [0.25, 0.3) is 0 Å². The molecule has 3 heteroatoms. The molecular formula is C9H20O2Si. The van der Waals surface area contributed by atoms with Crippen LogP contribution in [0.4, 0.5) is 0 Å². The molecule has 0 spiro atoms. The van der Waals surface area contributed by atoms with Crippen molar-refractivity contribution >= 4 is 10.2 Å². The zero-order valence-electron chi connectivity index (χ0n) is 8.81. The summed E-state index contributed by atoms with van der Waals surface area (Å²) in [5.41, 5.74) is 0. The second kappa shape index (κ2) is 4.21. The first-order chi connectivity index (χ1) is 5.43. The maximum Gasteiger partial charge on any atom is 0.172 e. The van der Waals surface area contributed by atoms with Crippen molar-refractivity contribution in [3.63, 3.8) is 0 Å². The average Bonchev–Trinajstić information content (AvgIpc) is 1.98. The lowest BCUT2D eigenvalue weighted by Crippen LogP contribution is -2.43. The molecule has 0 unspecified atom stereocenters. The van der Waals surface area contributed by atoms with E-state index in [0.29, 0.717) is 0 Å². The van der Waals surface area contributed by atoms with Gasteiger partial charge in [-0.25, -0.2) is 0 Å². The number of methoxy groups -OCH3 is 2. The third-order valence-electron chi connectivity index (χ3n) is 2.22. The van der Waals surface area contributed by atoms with Crippen LogP contribution in [0.1, 0.15) is 20.3 Å². The van der Waals surface area contributed by atoms with Gasteiger partial charge in [0, 0.05) is 35.9 Å². The molecule has 0 heterocycles. The van der Waals surface area contributed by atoms with Crippen molar-refractivity contribution in [2.75, 3.05) is 14.2 Å². The minimum absolute atomic E-state index is 0.0880. The van der Waals surface area contributed by atoms with Crippen molar-refractivity contribution in [3.8, 4) is 0 Å². The van der Waals surface area contributed by atoms with Gasteiger partial charge in [0.2, 0.25) is 0 Å². The van der Waals surface area contributed by atoms with Gasteiger partial charge in [0.05, 0.1) is 0 Å². The van der Waals surface area contributed by atoms with Gasteiger partial charge in [-0.15, -0.1) is 6.58 Å². The third-order valence-corrected chi connectivity index (χ3v) is 2.98. The molecule has 2 nitrogen and oxygen atoms in total. The van der Waals surface area contributed by atoms with Crippen LogP contribution in [-0.4, -0.2) is 30.2 Å². The van der Waals surface area contributed by atoms with E-state index in [-0.39, 0.29) is 5.04 Å². The van der Waals surface area contributed by atoms with Crippen molar-refractivity contribution in [1.29, 1.82) is 0 Å². The maximum absolute atomic E-state index is 5.43. The number of rotatable bonds is 5. The summed E-state index contributed by atoms with van der Waals surface area (Å²) in [4.78, 5) is 0. The van der Waals surface area contributed by atoms with E-state index in [9.17, 15) is 0 Å². The summed E-state index contributed by atoms with van der Waals surface area (Å²) in [5, 5.41) is 0.0880. The van der Waals surface area contributed by atoms with E-state index >= 15 is 0 Å². The molecule has 0 atom stereocenters. The summed E-state index contributed by atoms with van der Waals surface area (Å²) in [7, 11) is 4.40. The van der Waals surface area contributed by atoms with Crippen molar-refractivity contribution in [2.45, 2.75) is 31.1 Å². The van der Waals surface area contributed by atoms with Gasteiger partial charge < -0.3 is 9.47 Å². The summed E-state index contributed by atoms with van der Waals surface area (Å²) < 4.78 is 10.9. The maximum atomic E-state index is 5.43. The highest BCUT2D eigenvalue weighted by Gasteiger charge is 2.41. The van der Waals surface area contributed by atoms with Crippen LogP contribution in [0.15, 0.2) is 12.7 Å². The Morgan fingerprint density at radius 2 is 1.75 bits per heavy atom. The summed E-state index contributed by atoms with van der Waals surface area (Å²) in [6.07, 6.45) is 2.57. The molecule has 72 valence electrons. The molecule has 0 radical (unpaired) electrons. The first-order valence-electron chi connectivity index (χ1n) is 4.14. The van der Waals surface area contributed by atoms with Crippen LogP contribution < -0.4 is 0 Å². The van der Waals surface area contributed by atoms with Crippen molar-refractivity contribution in [3.05, 3.63) is 12.7 Å². The van der Waals surface area contributed by atoms with Gasteiger partial charge in [-0.3, -0.25) is 0 Å². The average molecular weight is 188 g/mol. The molecule has 0 fully saturated rings. The Kier molecular flexibility index (Phi) is 4.17. The largest absolute Gasteiger partial charge is 0.353 e. The van der Waals surface area contributed by atoms with Gasteiger partial charge in [-0.1, -0.05) is 19.9 Å². The van der Waals surface area contributed by atoms with E-state index < -0.39 is 5.79 Å². The molecule has 0 saturated carbocycles. The topological polar surface area (TPSA) is 18.5 Å². The molecule has 0 aliphatic rings. The minimum atomic E-state index is -0.485. The minimum Gasteiger partial charge on any atom is -0.353 e. The van der Waals surface area contributed by atoms with Crippen molar-refractivity contribution in [2.24, 2.45) is 0 Å². The normalized spacial score (nSPS) is 13.3. The summed E-state index contributed by atoms with van der Waals surface area (Å²) >= 11 is 0. The molecule has 0 bridgehead atoms. The predicted molar refractivity (Wildman–Crippen MR) is 55.5 cm³/mol. The van der Waals surface area contributed by atoms with E-state index in [4.69, 9.17) is 9.47 Å². The van der Waals surface area contributed by atoms with Crippen molar-refractivity contribution < 1.29 is 9.47 Å². The summed E-state index contributed by atoms with van der Waals surface area (Å²) in [5.74, 6) is -0.485. The Morgan fingerprint density at radius 1 is 1.33 bits per heavy atom. The lowest BCUT2D eigenvalue weighted by Gasteiger charge is -2.41. The van der Waals surface area contributed by atoms with Crippen LogP contribution in [0.25, 0.3) is 0 Å². The lowest BCUT2D eigenvalue weighted by molar-refractivity contribution is -0.224. The van der Waals surface area contributed by atoms with Crippen LogP contribution in [0.2, 0.25) is 5.04 Å². The van der Waals surface area contributed by atoms with Crippen molar-refractivity contribution in [1.82, 2.24) is 0 Å². The molecule has 0 aromatic heterocycles. The van der Waals surface area contributed by atoms with Gasteiger partial charge in [-0.05, 0) is 0 Å². The van der Waals surface area contributed by atoms with E-state index in [1.807, 2.05) is 6.08 Å². The molecule has 0 aromatic carbocycles. The number of hydrogen-bond donors (Lipinski definition) is 0. The van der Waals surface area contributed by atoms with Crippen LogP contribution in [0.5, 0.6) is 0 Å². The number of ether oxygens (including phenoxy) is 2. The second-order valence-electron chi connectivity index (χ2n) is 3.90. The Balaban J connectivity index is 4.68. The quantitative estimate of drug-likeness (QED) is 0.366. The van der Waals surface area contributed by atoms with E-state index in [2.05, 4.69) is 20.4 Å². The monoisotopic (exact) mass is 188 g/mol. The molecule has 0 rings (SSSR count). The Hall–Kier alpha value is -0.123. The molecule has 0 saturated heterocycles. The molecule has 0 amide bonds. The zero-order valence-corrected chi connectivity index (χ0v) is 10.8. The van der Waals surface area contributed by atoms with E-state index in [1.54, 1.807) is 14.2 Å². The molecule has 0 N–H and O–H groups in total. The summed E-state index contributed by atoms with van der Waals surface area (Å²) in [6, 6.07) is 0. The standard InChI is InChI=1S/C9H20O2Si/c1-6-7-9(10-4,11-5)8(2,3)12/h6H,1,7H2,2-5,12H3. The van der Waals surface area contributed by atoms with E-state index in [0.717, 1.165) is 16.7 Å². The Labute approximate surface area is 78.4 Å². The molecular weight excluding hydrogens is 168 g/mol. The smallest absolute Gasteiger partial charge is 0.172 e. The SMILES string of the molecule is C=CCC(OC)(OC)C(C)(C)[SiH3]. The van der Waals surface area contributed by atoms with Gasteiger partial charge in [-0.2, -0.15) is 0 Å². The fourth-order valence-electron chi connectivity index (χ4n) is 1.36. The first kappa shape index (κ1) is 11.9. The van der Waals surface area contributed by atoms with Gasteiger partial charge in [0.15, 0.2) is 5.79 Å². The lowest BCUT2D eigenvalue weighted by atomic mass is 9.97. The van der Waals surface area contributed by atoms with Crippen LogP contribution in [0.3, 0.4) is 0 Å². The molecule has 0 aliphatic heterocycles. The first-order valence-corrected chi connectivity index (χ1v) is 5.14. The summed E-state index contributed by atoms with van der Waals surface area (Å²) in [6.45, 7) is 8.01. The zero-order chi connectivity index (χ0) is 9.83. The Bertz CT molecular complexity index is 145.